The van der Waals surface area contributed by atoms with Crippen molar-refractivity contribution in [2.75, 3.05) is 21.3 Å². The van der Waals surface area contributed by atoms with E-state index >= 15 is 0 Å². The van der Waals surface area contributed by atoms with E-state index in [1.54, 1.807) is 14.2 Å². The molecule has 1 aromatic carbocycles. The van der Waals surface area contributed by atoms with E-state index in [4.69, 9.17) is 9.47 Å². The van der Waals surface area contributed by atoms with Gasteiger partial charge in [-0.1, -0.05) is 6.07 Å². The maximum Gasteiger partial charge on any atom is 0.125 e. The fourth-order valence-corrected chi connectivity index (χ4v) is 2.99. The molecule has 1 aromatic rings. The number of hydrogen-bond donors (Lipinski definition) is 1. The van der Waals surface area contributed by atoms with Crippen molar-refractivity contribution in [1.82, 2.24) is 5.32 Å². The summed E-state index contributed by atoms with van der Waals surface area (Å²) < 4.78 is 10.7. The lowest BCUT2D eigenvalue weighted by atomic mass is 9.82. The van der Waals surface area contributed by atoms with Crippen LogP contribution in [0.1, 0.15) is 31.2 Å². The normalized spacial score (nSPS) is 23.1. The first-order chi connectivity index (χ1) is 9.26. The van der Waals surface area contributed by atoms with Crippen molar-refractivity contribution in [2.24, 2.45) is 5.92 Å². The Morgan fingerprint density at radius 2 is 1.84 bits per heavy atom. The first-order valence-electron chi connectivity index (χ1n) is 7.15. The Bertz CT molecular complexity index is 398. The molecule has 1 aliphatic rings. The van der Waals surface area contributed by atoms with Crippen LogP contribution in [0.15, 0.2) is 18.2 Å². The molecule has 1 N–H and O–H groups in total. The Hall–Kier alpha value is -1.22. The molecule has 1 saturated carbocycles. The molecule has 0 bridgehead atoms. The lowest BCUT2D eigenvalue weighted by Crippen LogP contribution is -2.30. The highest BCUT2D eigenvalue weighted by atomic mass is 16.5. The average Bonchev–Trinajstić information content (AvgIpc) is 2.48. The molecule has 0 amide bonds. The van der Waals surface area contributed by atoms with Crippen LogP contribution < -0.4 is 14.8 Å². The van der Waals surface area contributed by atoms with Crippen molar-refractivity contribution < 1.29 is 9.47 Å². The molecule has 3 heteroatoms. The second kappa shape index (κ2) is 6.80. The summed E-state index contributed by atoms with van der Waals surface area (Å²) in [6.45, 7) is 0. The molecule has 0 aliphatic heterocycles. The second-order valence-corrected chi connectivity index (χ2v) is 5.39. The summed E-state index contributed by atoms with van der Waals surface area (Å²) in [5.74, 6) is 2.60. The molecule has 0 atom stereocenters. The zero-order chi connectivity index (χ0) is 13.7. The van der Waals surface area contributed by atoms with E-state index in [0.29, 0.717) is 6.04 Å². The van der Waals surface area contributed by atoms with E-state index in [1.165, 1.54) is 31.2 Å². The third-order valence-corrected chi connectivity index (χ3v) is 4.26. The van der Waals surface area contributed by atoms with Crippen LogP contribution in [0.2, 0.25) is 0 Å². The lowest BCUT2D eigenvalue weighted by Gasteiger charge is -2.28. The molecule has 2 rings (SSSR count). The van der Waals surface area contributed by atoms with E-state index in [1.807, 2.05) is 12.1 Å². The van der Waals surface area contributed by atoms with Gasteiger partial charge in [-0.3, -0.25) is 0 Å². The predicted octanol–water partition coefficient (Wildman–Crippen LogP) is 3.02. The largest absolute Gasteiger partial charge is 0.497 e. The molecule has 0 spiro atoms. The molecule has 3 nitrogen and oxygen atoms in total. The highest BCUT2D eigenvalue weighted by Gasteiger charge is 2.21. The van der Waals surface area contributed by atoms with Crippen molar-refractivity contribution in [3.05, 3.63) is 23.8 Å². The highest BCUT2D eigenvalue weighted by molar-refractivity contribution is 5.41. The van der Waals surface area contributed by atoms with Crippen molar-refractivity contribution in [2.45, 2.75) is 38.1 Å². The summed E-state index contributed by atoms with van der Waals surface area (Å²) in [6.07, 6.45) is 6.31. The van der Waals surface area contributed by atoms with Gasteiger partial charge in [0.15, 0.2) is 0 Å². The molecule has 1 fully saturated rings. The Morgan fingerprint density at radius 1 is 1.11 bits per heavy atom. The predicted molar refractivity (Wildman–Crippen MR) is 78.1 cm³/mol. The Kier molecular flexibility index (Phi) is 5.08. The monoisotopic (exact) mass is 263 g/mol. The molecule has 0 heterocycles. The van der Waals surface area contributed by atoms with E-state index in [9.17, 15) is 0 Å². The second-order valence-electron chi connectivity index (χ2n) is 5.39. The van der Waals surface area contributed by atoms with Crippen LogP contribution in [0.3, 0.4) is 0 Å². The Morgan fingerprint density at radius 3 is 2.42 bits per heavy atom. The molecular formula is C16H25NO2. The van der Waals surface area contributed by atoms with Gasteiger partial charge in [0, 0.05) is 12.1 Å². The van der Waals surface area contributed by atoms with Crippen molar-refractivity contribution in [3.63, 3.8) is 0 Å². The van der Waals surface area contributed by atoms with Gasteiger partial charge in [0.05, 0.1) is 14.2 Å². The molecule has 0 radical (unpaired) electrons. The first kappa shape index (κ1) is 14.2. The van der Waals surface area contributed by atoms with Gasteiger partial charge in [-0.15, -0.1) is 0 Å². The zero-order valence-corrected chi connectivity index (χ0v) is 12.2. The number of hydrogen-bond acceptors (Lipinski definition) is 3. The van der Waals surface area contributed by atoms with E-state index < -0.39 is 0 Å². The van der Waals surface area contributed by atoms with Crippen LogP contribution in [0.5, 0.6) is 11.5 Å². The fourth-order valence-electron chi connectivity index (χ4n) is 2.99. The molecule has 19 heavy (non-hydrogen) atoms. The minimum absolute atomic E-state index is 0.717. The number of nitrogens with one attached hydrogen (secondary N) is 1. The maximum absolute atomic E-state index is 5.48. The summed E-state index contributed by atoms with van der Waals surface area (Å²) in [5.41, 5.74) is 1.30. The smallest absolute Gasteiger partial charge is 0.125 e. The standard InChI is InChI=1S/C16H25NO2/c1-17-14-7-4-12(5-8-14)10-13-6-9-15(18-2)11-16(13)19-3/h6,9,11-12,14,17H,4-5,7-8,10H2,1-3H3. The minimum atomic E-state index is 0.717. The van der Waals surface area contributed by atoms with Crippen molar-refractivity contribution in [1.29, 1.82) is 0 Å². The topological polar surface area (TPSA) is 30.5 Å². The van der Waals surface area contributed by atoms with Gasteiger partial charge in [-0.2, -0.15) is 0 Å². The number of methoxy groups -OCH3 is 2. The third-order valence-electron chi connectivity index (χ3n) is 4.26. The molecule has 0 aromatic heterocycles. The zero-order valence-electron chi connectivity index (χ0n) is 12.2. The molecule has 0 saturated heterocycles. The summed E-state index contributed by atoms with van der Waals surface area (Å²) in [7, 11) is 5.49. The van der Waals surface area contributed by atoms with Gasteiger partial charge in [0.2, 0.25) is 0 Å². The van der Waals surface area contributed by atoms with Crippen LogP contribution in [0.25, 0.3) is 0 Å². The Labute approximate surface area is 116 Å². The summed E-state index contributed by atoms with van der Waals surface area (Å²) >= 11 is 0. The van der Waals surface area contributed by atoms with Crippen molar-refractivity contribution in [3.8, 4) is 11.5 Å². The molecule has 1 aliphatic carbocycles. The van der Waals surface area contributed by atoms with E-state index in [-0.39, 0.29) is 0 Å². The summed E-state index contributed by atoms with van der Waals surface area (Å²) in [4.78, 5) is 0. The number of benzene rings is 1. The van der Waals surface area contributed by atoms with Crippen LogP contribution in [0, 0.1) is 5.92 Å². The van der Waals surface area contributed by atoms with Gasteiger partial charge >= 0.3 is 0 Å². The summed E-state index contributed by atoms with van der Waals surface area (Å²) in [5, 5.41) is 3.38. The lowest BCUT2D eigenvalue weighted by molar-refractivity contribution is 0.297. The fraction of sp³-hybridized carbons (Fsp3) is 0.625. The van der Waals surface area contributed by atoms with Gasteiger partial charge in [-0.25, -0.2) is 0 Å². The molecule has 0 unspecified atom stereocenters. The average molecular weight is 263 g/mol. The quantitative estimate of drug-likeness (QED) is 0.885. The first-order valence-corrected chi connectivity index (χ1v) is 7.15. The van der Waals surface area contributed by atoms with Crippen LogP contribution in [0.4, 0.5) is 0 Å². The number of rotatable bonds is 5. The van der Waals surface area contributed by atoms with Gasteiger partial charge in [-0.05, 0) is 56.7 Å². The Balaban J connectivity index is 1.99. The SMILES string of the molecule is CNC1CCC(Cc2ccc(OC)cc2OC)CC1. The van der Waals surface area contributed by atoms with Gasteiger partial charge in [0.1, 0.15) is 11.5 Å². The van der Waals surface area contributed by atoms with E-state index in [0.717, 1.165) is 23.8 Å². The third kappa shape index (κ3) is 3.63. The van der Waals surface area contributed by atoms with Crippen molar-refractivity contribution >= 4 is 0 Å². The minimum Gasteiger partial charge on any atom is -0.497 e. The van der Waals surface area contributed by atoms with Gasteiger partial charge < -0.3 is 14.8 Å². The van der Waals surface area contributed by atoms with Crippen LogP contribution in [-0.4, -0.2) is 27.3 Å². The van der Waals surface area contributed by atoms with E-state index in [2.05, 4.69) is 18.4 Å². The van der Waals surface area contributed by atoms with Crippen LogP contribution in [-0.2, 0) is 6.42 Å². The molecule has 106 valence electrons. The summed E-state index contributed by atoms with van der Waals surface area (Å²) in [6, 6.07) is 6.86. The maximum atomic E-state index is 5.48. The van der Waals surface area contributed by atoms with Gasteiger partial charge in [0.25, 0.3) is 0 Å². The van der Waals surface area contributed by atoms with Crippen LogP contribution >= 0.6 is 0 Å². The highest BCUT2D eigenvalue weighted by Crippen LogP contribution is 2.32. The number of ether oxygens (including phenoxy) is 2. The molecular weight excluding hydrogens is 238 g/mol.